The summed E-state index contributed by atoms with van der Waals surface area (Å²) in [6, 6.07) is 18.2. The van der Waals surface area contributed by atoms with Gasteiger partial charge in [-0.25, -0.2) is 9.78 Å². The molecule has 0 aliphatic heterocycles. The van der Waals surface area contributed by atoms with Crippen LogP contribution in [-0.4, -0.2) is 33.9 Å². The van der Waals surface area contributed by atoms with Gasteiger partial charge in [-0.2, -0.15) is 0 Å². The summed E-state index contributed by atoms with van der Waals surface area (Å²) in [5.74, 6) is -0.964. The van der Waals surface area contributed by atoms with Crippen LogP contribution in [-0.2, 0) is 9.53 Å². The molecule has 2 aromatic heterocycles. The molecule has 4 rings (SSSR count). The summed E-state index contributed by atoms with van der Waals surface area (Å²) in [6.07, 6.45) is 0. The number of para-hydroxylation sites is 1. The minimum absolute atomic E-state index is 0.278. The number of carbonyl (C=O) groups excluding carboxylic acids is 3. The highest BCUT2D eigenvalue weighted by Gasteiger charge is 2.15. The Hall–Kier alpha value is -3.98. The van der Waals surface area contributed by atoms with Crippen molar-refractivity contribution in [1.82, 2.24) is 20.4 Å². The molecule has 0 spiro atoms. The average Bonchev–Trinajstić information content (AvgIpc) is 3.43. The maximum atomic E-state index is 12.4. The molecule has 0 atom stereocenters. The summed E-state index contributed by atoms with van der Waals surface area (Å²) in [5, 5.41) is 1.75. The van der Waals surface area contributed by atoms with Crippen molar-refractivity contribution in [3.63, 3.8) is 0 Å². The first-order chi connectivity index (χ1) is 15.0. The minimum Gasteiger partial charge on any atom is -0.452 e. The number of aromatic nitrogens is 2. The van der Waals surface area contributed by atoms with Crippen molar-refractivity contribution < 1.29 is 19.1 Å². The van der Waals surface area contributed by atoms with Crippen LogP contribution in [0, 0.1) is 6.92 Å². The highest BCUT2D eigenvalue weighted by molar-refractivity contribution is 7.12. The molecule has 2 amide bonds. The molecular weight excluding hydrogens is 416 g/mol. The van der Waals surface area contributed by atoms with Crippen LogP contribution in [0.15, 0.2) is 66.0 Å². The molecule has 0 fully saturated rings. The summed E-state index contributed by atoms with van der Waals surface area (Å²) < 4.78 is 7.04. The molecule has 31 heavy (non-hydrogen) atoms. The van der Waals surface area contributed by atoms with E-state index in [2.05, 4.69) is 15.8 Å². The van der Waals surface area contributed by atoms with Crippen molar-refractivity contribution in [3.8, 4) is 5.69 Å². The lowest BCUT2D eigenvalue weighted by molar-refractivity contribution is -0.125. The largest absolute Gasteiger partial charge is 0.452 e. The Kier molecular flexibility index (Phi) is 5.76. The predicted molar refractivity (Wildman–Crippen MR) is 116 cm³/mol. The predicted octanol–water partition coefficient (Wildman–Crippen LogP) is 3.01. The number of fused-ring (bicyclic) bond motifs is 1. The van der Waals surface area contributed by atoms with E-state index >= 15 is 0 Å². The number of hydrazine groups is 1. The van der Waals surface area contributed by atoms with Gasteiger partial charge in [0, 0.05) is 5.69 Å². The van der Waals surface area contributed by atoms with Crippen molar-refractivity contribution in [3.05, 3.63) is 82.3 Å². The van der Waals surface area contributed by atoms with Gasteiger partial charge in [-0.05, 0) is 48.7 Å². The number of amides is 2. The number of imidazole rings is 1. The van der Waals surface area contributed by atoms with E-state index in [0.29, 0.717) is 10.4 Å². The van der Waals surface area contributed by atoms with Gasteiger partial charge in [0.05, 0.1) is 21.5 Å². The Morgan fingerprint density at radius 1 is 1.03 bits per heavy atom. The number of rotatable bonds is 5. The van der Waals surface area contributed by atoms with Crippen LogP contribution < -0.4 is 10.9 Å². The summed E-state index contributed by atoms with van der Waals surface area (Å²) in [4.78, 5) is 41.0. The number of aryl methyl sites for hydroxylation is 1. The van der Waals surface area contributed by atoms with Gasteiger partial charge >= 0.3 is 5.97 Å². The molecule has 2 aromatic carbocycles. The highest BCUT2D eigenvalue weighted by atomic mass is 32.1. The van der Waals surface area contributed by atoms with Gasteiger partial charge in [0.25, 0.3) is 11.8 Å². The Morgan fingerprint density at radius 3 is 2.58 bits per heavy atom. The zero-order valence-corrected chi connectivity index (χ0v) is 17.3. The van der Waals surface area contributed by atoms with Crippen LogP contribution in [0.25, 0.3) is 16.7 Å². The molecule has 156 valence electrons. The number of hydrogen-bond donors (Lipinski definition) is 2. The number of carbonyl (C=O) groups is 3. The molecule has 0 unspecified atom stereocenters. The first kappa shape index (κ1) is 20.3. The van der Waals surface area contributed by atoms with E-state index in [4.69, 9.17) is 4.74 Å². The standard InChI is InChI=1S/C22H18N4O4S/c1-14-23-17-12-15(9-10-18(17)26(14)16-6-3-2-4-7-16)22(29)30-13-20(27)24-25-21(28)19-8-5-11-31-19/h2-12H,13H2,1H3,(H,24,27)(H,25,28). The number of nitrogens with one attached hydrogen (secondary N) is 2. The van der Waals surface area contributed by atoms with E-state index in [1.807, 2.05) is 41.8 Å². The molecule has 8 nitrogen and oxygen atoms in total. The Bertz CT molecular complexity index is 1250. The molecule has 4 aromatic rings. The first-order valence-corrected chi connectivity index (χ1v) is 10.3. The molecule has 2 heterocycles. The number of thiophene rings is 1. The van der Waals surface area contributed by atoms with Gasteiger partial charge in [0.1, 0.15) is 5.82 Å². The zero-order valence-electron chi connectivity index (χ0n) is 16.5. The molecule has 0 aliphatic rings. The Morgan fingerprint density at radius 2 is 1.84 bits per heavy atom. The summed E-state index contributed by atoms with van der Waals surface area (Å²) in [7, 11) is 0. The zero-order chi connectivity index (χ0) is 21.8. The molecule has 0 aliphatic carbocycles. The maximum Gasteiger partial charge on any atom is 0.338 e. The lowest BCUT2D eigenvalue weighted by atomic mass is 10.2. The number of hydrogen-bond acceptors (Lipinski definition) is 6. The lowest BCUT2D eigenvalue weighted by Crippen LogP contribution is -2.43. The van der Waals surface area contributed by atoms with Crippen LogP contribution in [0.1, 0.15) is 25.9 Å². The second-order valence-electron chi connectivity index (χ2n) is 6.59. The van der Waals surface area contributed by atoms with Crippen LogP contribution in [0.3, 0.4) is 0 Å². The van der Waals surface area contributed by atoms with Gasteiger partial charge in [-0.3, -0.25) is 25.0 Å². The van der Waals surface area contributed by atoms with Crippen molar-refractivity contribution in [1.29, 1.82) is 0 Å². The fraction of sp³-hybridized carbons (Fsp3) is 0.0909. The van der Waals surface area contributed by atoms with Gasteiger partial charge in [-0.1, -0.05) is 24.3 Å². The molecule has 2 N–H and O–H groups in total. The molecule has 9 heteroatoms. The average molecular weight is 434 g/mol. The van der Waals surface area contributed by atoms with Crippen molar-refractivity contribution in [2.24, 2.45) is 0 Å². The summed E-state index contributed by atoms with van der Waals surface area (Å²) in [6.45, 7) is 1.36. The number of ether oxygens (including phenoxy) is 1. The summed E-state index contributed by atoms with van der Waals surface area (Å²) >= 11 is 1.24. The molecule has 0 saturated carbocycles. The molecule has 0 saturated heterocycles. The normalized spacial score (nSPS) is 10.6. The molecular formula is C22H18N4O4S. The molecule has 0 bridgehead atoms. The second kappa shape index (κ2) is 8.80. The van der Waals surface area contributed by atoms with E-state index in [1.165, 1.54) is 11.3 Å². The number of esters is 1. The topological polar surface area (TPSA) is 102 Å². The third-order valence-corrected chi connectivity index (χ3v) is 5.34. The van der Waals surface area contributed by atoms with Gasteiger partial charge in [-0.15, -0.1) is 11.3 Å². The van der Waals surface area contributed by atoms with E-state index in [0.717, 1.165) is 17.0 Å². The van der Waals surface area contributed by atoms with Crippen molar-refractivity contribution in [2.45, 2.75) is 6.92 Å². The minimum atomic E-state index is -0.659. The van der Waals surface area contributed by atoms with Crippen molar-refractivity contribution in [2.75, 3.05) is 6.61 Å². The fourth-order valence-electron chi connectivity index (χ4n) is 3.08. The third-order valence-electron chi connectivity index (χ3n) is 4.47. The molecule has 0 radical (unpaired) electrons. The van der Waals surface area contributed by atoms with E-state index in [1.54, 1.807) is 35.7 Å². The SMILES string of the molecule is Cc1nc2cc(C(=O)OCC(=O)NNC(=O)c3cccs3)ccc2n1-c1ccccc1. The highest BCUT2D eigenvalue weighted by Crippen LogP contribution is 2.22. The van der Waals surface area contributed by atoms with Gasteiger partial charge < -0.3 is 4.74 Å². The van der Waals surface area contributed by atoms with Crippen LogP contribution in [0.2, 0.25) is 0 Å². The van der Waals surface area contributed by atoms with E-state index in [9.17, 15) is 14.4 Å². The van der Waals surface area contributed by atoms with Crippen LogP contribution >= 0.6 is 11.3 Å². The van der Waals surface area contributed by atoms with Crippen LogP contribution in [0.5, 0.6) is 0 Å². The van der Waals surface area contributed by atoms with Gasteiger partial charge in [0.15, 0.2) is 6.61 Å². The fourth-order valence-corrected chi connectivity index (χ4v) is 3.70. The second-order valence-corrected chi connectivity index (χ2v) is 7.54. The monoisotopic (exact) mass is 434 g/mol. The third kappa shape index (κ3) is 4.46. The number of benzene rings is 2. The van der Waals surface area contributed by atoms with Crippen molar-refractivity contribution >= 4 is 40.2 Å². The number of nitrogens with zero attached hydrogens (tertiary/aromatic N) is 2. The quantitative estimate of drug-likeness (QED) is 0.371. The van der Waals surface area contributed by atoms with E-state index in [-0.39, 0.29) is 5.56 Å². The lowest BCUT2D eigenvalue weighted by Gasteiger charge is -2.08. The summed E-state index contributed by atoms with van der Waals surface area (Å²) in [5.41, 5.74) is 7.22. The smallest absolute Gasteiger partial charge is 0.338 e. The maximum absolute atomic E-state index is 12.4. The van der Waals surface area contributed by atoms with Gasteiger partial charge in [0.2, 0.25) is 0 Å². The van der Waals surface area contributed by atoms with E-state index < -0.39 is 24.4 Å². The Labute approximate surface area is 181 Å². The Balaban J connectivity index is 1.39. The van der Waals surface area contributed by atoms with Crippen LogP contribution in [0.4, 0.5) is 0 Å². The first-order valence-electron chi connectivity index (χ1n) is 9.37.